The molecule has 1 saturated heterocycles. The fraction of sp³-hybridized carbons (Fsp3) is 0.667. The first-order chi connectivity index (χ1) is 13.1. The Balaban J connectivity index is 0.00000280. The van der Waals surface area contributed by atoms with Gasteiger partial charge in [-0.15, -0.1) is 24.0 Å². The predicted octanol–water partition coefficient (Wildman–Crippen LogP) is 3.40. The number of hydrogen-bond acceptors (Lipinski definition) is 4. The molecule has 6 nitrogen and oxygen atoms in total. The van der Waals surface area contributed by atoms with Crippen molar-refractivity contribution in [2.45, 2.75) is 51.6 Å². The maximum atomic E-state index is 5.78. The average Bonchev–Trinajstić information content (AvgIpc) is 2.93. The van der Waals surface area contributed by atoms with Gasteiger partial charge in [-0.2, -0.15) is 0 Å². The number of nitrogens with zero attached hydrogens (tertiary/aromatic N) is 2. The molecule has 7 heteroatoms. The minimum atomic E-state index is 0. The maximum Gasteiger partial charge on any atom is 0.191 e. The standard InChI is InChI=1S/C21H34N4O2.HI/c1-21(2,25-10-5-4-6-11-25)16-24-20(22-3)23-15-17-8-9-18-19(14-17)27-13-7-12-26-18;/h8-9,14H,4-7,10-13,15-16H2,1-3H3,(H2,22,23,24);1H. The summed E-state index contributed by atoms with van der Waals surface area (Å²) >= 11 is 0. The third-order valence-corrected chi connectivity index (χ3v) is 5.40. The minimum Gasteiger partial charge on any atom is -0.490 e. The topological polar surface area (TPSA) is 58.1 Å². The highest BCUT2D eigenvalue weighted by Crippen LogP contribution is 2.30. The summed E-state index contributed by atoms with van der Waals surface area (Å²) in [6.45, 7) is 9.99. The second-order valence-corrected chi connectivity index (χ2v) is 7.97. The lowest BCUT2D eigenvalue weighted by Crippen LogP contribution is -2.54. The van der Waals surface area contributed by atoms with E-state index < -0.39 is 0 Å². The number of benzene rings is 1. The Kier molecular flexibility index (Phi) is 9.14. The monoisotopic (exact) mass is 502 g/mol. The molecule has 0 radical (unpaired) electrons. The molecule has 1 fully saturated rings. The number of aliphatic imine (C=N–C) groups is 1. The third kappa shape index (κ3) is 6.40. The molecule has 0 bridgehead atoms. The summed E-state index contributed by atoms with van der Waals surface area (Å²) in [6.07, 6.45) is 4.89. The fourth-order valence-corrected chi connectivity index (χ4v) is 3.64. The Morgan fingerprint density at radius 2 is 1.75 bits per heavy atom. The number of likely N-dealkylation sites (tertiary alicyclic amines) is 1. The van der Waals surface area contributed by atoms with Gasteiger partial charge in [0.25, 0.3) is 0 Å². The summed E-state index contributed by atoms with van der Waals surface area (Å²) in [6, 6.07) is 6.12. The van der Waals surface area contributed by atoms with Gasteiger partial charge in [-0.3, -0.25) is 9.89 Å². The van der Waals surface area contributed by atoms with E-state index in [0.29, 0.717) is 19.8 Å². The first-order valence-electron chi connectivity index (χ1n) is 10.2. The van der Waals surface area contributed by atoms with Crippen molar-refractivity contribution < 1.29 is 9.47 Å². The normalized spacial score (nSPS) is 18.0. The molecule has 0 atom stereocenters. The summed E-state index contributed by atoms with van der Waals surface area (Å²) < 4.78 is 11.5. The summed E-state index contributed by atoms with van der Waals surface area (Å²) in [4.78, 5) is 6.96. The van der Waals surface area contributed by atoms with Gasteiger partial charge < -0.3 is 20.1 Å². The quantitative estimate of drug-likeness (QED) is 0.368. The number of ether oxygens (including phenoxy) is 2. The van der Waals surface area contributed by atoms with E-state index in [4.69, 9.17) is 9.47 Å². The second kappa shape index (κ2) is 11.1. The summed E-state index contributed by atoms with van der Waals surface area (Å²) in [5, 5.41) is 6.90. The van der Waals surface area contributed by atoms with Gasteiger partial charge in [0.1, 0.15) is 0 Å². The lowest BCUT2D eigenvalue weighted by molar-refractivity contribution is 0.0982. The number of hydrogen-bond donors (Lipinski definition) is 2. The zero-order valence-electron chi connectivity index (χ0n) is 17.4. The largest absolute Gasteiger partial charge is 0.490 e. The summed E-state index contributed by atoms with van der Waals surface area (Å²) in [5.74, 6) is 2.50. The SMILES string of the molecule is CN=C(NCc1ccc2c(c1)OCCCO2)NCC(C)(C)N1CCCCC1.I. The van der Waals surface area contributed by atoms with Crippen molar-refractivity contribution in [3.63, 3.8) is 0 Å². The van der Waals surface area contributed by atoms with Crippen LogP contribution in [0.2, 0.25) is 0 Å². The highest BCUT2D eigenvalue weighted by molar-refractivity contribution is 14.0. The molecular formula is C21H35IN4O2. The van der Waals surface area contributed by atoms with E-state index in [0.717, 1.165) is 36.0 Å². The first kappa shape index (κ1) is 23.1. The Morgan fingerprint density at radius 1 is 1.04 bits per heavy atom. The van der Waals surface area contributed by atoms with Crippen LogP contribution in [0.5, 0.6) is 11.5 Å². The van der Waals surface area contributed by atoms with Crippen molar-refractivity contribution in [2.75, 3.05) is 39.9 Å². The van der Waals surface area contributed by atoms with Crippen LogP contribution in [-0.4, -0.2) is 56.3 Å². The van der Waals surface area contributed by atoms with E-state index in [1.807, 2.05) is 13.1 Å². The molecule has 0 spiro atoms. The summed E-state index contributed by atoms with van der Waals surface area (Å²) in [7, 11) is 1.82. The van der Waals surface area contributed by atoms with Crippen molar-refractivity contribution in [1.82, 2.24) is 15.5 Å². The van der Waals surface area contributed by atoms with Crippen LogP contribution in [0.15, 0.2) is 23.2 Å². The minimum absolute atomic E-state index is 0. The van der Waals surface area contributed by atoms with Gasteiger partial charge in [0.15, 0.2) is 17.5 Å². The predicted molar refractivity (Wildman–Crippen MR) is 125 cm³/mol. The molecule has 3 rings (SSSR count). The van der Waals surface area contributed by atoms with Gasteiger partial charge in [-0.05, 0) is 57.5 Å². The van der Waals surface area contributed by atoms with E-state index in [9.17, 15) is 0 Å². The molecule has 2 heterocycles. The van der Waals surface area contributed by atoms with Gasteiger partial charge in [0.05, 0.1) is 13.2 Å². The van der Waals surface area contributed by atoms with Gasteiger partial charge in [-0.1, -0.05) is 12.5 Å². The van der Waals surface area contributed by atoms with Gasteiger partial charge in [0, 0.05) is 32.1 Å². The number of guanidine groups is 1. The highest BCUT2D eigenvalue weighted by Gasteiger charge is 2.27. The van der Waals surface area contributed by atoms with Crippen LogP contribution in [0.4, 0.5) is 0 Å². The van der Waals surface area contributed by atoms with E-state index in [2.05, 4.69) is 46.5 Å². The lowest BCUT2D eigenvalue weighted by Gasteiger charge is -2.41. The molecule has 0 unspecified atom stereocenters. The molecule has 0 saturated carbocycles. The van der Waals surface area contributed by atoms with Crippen molar-refractivity contribution >= 4 is 29.9 Å². The van der Waals surface area contributed by atoms with E-state index in [1.54, 1.807) is 0 Å². The van der Waals surface area contributed by atoms with E-state index in [-0.39, 0.29) is 29.5 Å². The van der Waals surface area contributed by atoms with Crippen molar-refractivity contribution in [2.24, 2.45) is 4.99 Å². The van der Waals surface area contributed by atoms with Crippen molar-refractivity contribution in [3.8, 4) is 11.5 Å². The number of rotatable bonds is 5. The Labute approximate surface area is 186 Å². The van der Waals surface area contributed by atoms with Crippen LogP contribution in [0.3, 0.4) is 0 Å². The van der Waals surface area contributed by atoms with Crippen LogP contribution in [-0.2, 0) is 6.54 Å². The zero-order valence-corrected chi connectivity index (χ0v) is 19.8. The maximum absolute atomic E-state index is 5.78. The second-order valence-electron chi connectivity index (χ2n) is 7.97. The number of fused-ring (bicyclic) bond motifs is 1. The van der Waals surface area contributed by atoms with Crippen LogP contribution in [0, 0.1) is 0 Å². The smallest absolute Gasteiger partial charge is 0.191 e. The van der Waals surface area contributed by atoms with Crippen molar-refractivity contribution in [3.05, 3.63) is 23.8 Å². The zero-order chi connectivity index (χ0) is 19.1. The molecule has 1 aromatic rings. The molecule has 28 heavy (non-hydrogen) atoms. The Bertz CT molecular complexity index is 645. The van der Waals surface area contributed by atoms with Crippen LogP contribution >= 0.6 is 24.0 Å². The molecule has 158 valence electrons. The van der Waals surface area contributed by atoms with E-state index in [1.165, 1.54) is 32.4 Å². The third-order valence-electron chi connectivity index (χ3n) is 5.40. The first-order valence-corrected chi connectivity index (χ1v) is 10.2. The molecule has 2 aliphatic heterocycles. The van der Waals surface area contributed by atoms with Gasteiger partial charge in [-0.25, -0.2) is 0 Å². The van der Waals surface area contributed by atoms with Crippen LogP contribution < -0.4 is 20.1 Å². The lowest BCUT2D eigenvalue weighted by atomic mass is 9.98. The molecule has 0 aliphatic carbocycles. The van der Waals surface area contributed by atoms with Gasteiger partial charge in [0.2, 0.25) is 0 Å². The fourth-order valence-electron chi connectivity index (χ4n) is 3.64. The van der Waals surface area contributed by atoms with E-state index >= 15 is 0 Å². The number of nitrogens with one attached hydrogen (secondary N) is 2. The summed E-state index contributed by atoms with van der Waals surface area (Å²) in [5.41, 5.74) is 1.27. The molecular weight excluding hydrogens is 467 g/mol. The van der Waals surface area contributed by atoms with Crippen LogP contribution in [0.1, 0.15) is 45.1 Å². The Morgan fingerprint density at radius 3 is 2.46 bits per heavy atom. The Hall–Kier alpha value is -1.22. The molecule has 0 amide bonds. The average molecular weight is 502 g/mol. The highest BCUT2D eigenvalue weighted by atomic mass is 127. The number of piperidine rings is 1. The molecule has 2 N–H and O–H groups in total. The molecule has 0 aromatic heterocycles. The van der Waals surface area contributed by atoms with Crippen molar-refractivity contribution in [1.29, 1.82) is 0 Å². The molecule has 2 aliphatic rings. The van der Waals surface area contributed by atoms with Crippen LogP contribution in [0.25, 0.3) is 0 Å². The molecule has 1 aromatic carbocycles. The van der Waals surface area contributed by atoms with Gasteiger partial charge >= 0.3 is 0 Å². The number of halogens is 1.